The number of phenolic OH excluding ortho intramolecular Hbond substituents is 2. The van der Waals surface area contributed by atoms with Crippen molar-refractivity contribution < 1.29 is 20.1 Å². The van der Waals surface area contributed by atoms with Gasteiger partial charge in [-0.15, -0.1) is 0 Å². The third-order valence-electron chi connectivity index (χ3n) is 5.98. The number of aromatic hydroxyl groups is 2. The van der Waals surface area contributed by atoms with Crippen LogP contribution in [0.25, 0.3) is 0 Å². The van der Waals surface area contributed by atoms with Crippen LogP contribution in [0.5, 0.6) is 11.5 Å². The van der Waals surface area contributed by atoms with Crippen LogP contribution >= 0.6 is 0 Å². The van der Waals surface area contributed by atoms with Crippen molar-refractivity contribution in [1.82, 2.24) is 5.32 Å². The van der Waals surface area contributed by atoms with E-state index in [-0.39, 0.29) is 11.5 Å². The van der Waals surface area contributed by atoms with Gasteiger partial charge in [0.25, 0.3) is 0 Å². The molecule has 1 fully saturated rings. The number of anilines is 1. The molecular weight excluding hydrogens is 404 g/mol. The Labute approximate surface area is 191 Å². The van der Waals surface area contributed by atoms with Gasteiger partial charge in [0.2, 0.25) is 0 Å². The van der Waals surface area contributed by atoms with Crippen LogP contribution in [0, 0.1) is 0 Å². The number of aliphatic hydroxyl groups is 1. The predicted octanol–water partition coefficient (Wildman–Crippen LogP) is 4.14. The summed E-state index contributed by atoms with van der Waals surface area (Å²) in [6.07, 6.45) is 7.19. The molecule has 6 nitrogen and oxygen atoms in total. The first-order chi connectivity index (χ1) is 15.6. The largest absolute Gasteiger partial charge is 0.508 e. The van der Waals surface area contributed by atoms with Gasteiger partial charge in [-0.05, 0) is 74.0 Å². The van der Waals surface area contributed by atoms with E-state index < -0.39 is 6.10 Å². The van der Waals surface area contributed by atoms with E-state index in [1.807, 2.05) is 0 Å². The zero-order valence-electron chi connectivity index (χ0n) is 19.0. The summed E-state index contributed by atoms with van der Waals surface area (Å²) < 4.78 is 5.80. The van der Waals surface area contributed by atoms with Crippen LogP contribution < -0.4 is 10.2 Å². The second kappa shape index (κ2) is 13.3. The van der Waals surface area contributed by atoms with Crippen molar-refractivity contribution in [1.29, 1.82) is 0 Å². The molecule has 176 valence electrons. The number of nitrogens with zero attached hydrogens (tertiary/aromatic N) is 1. The fraction of sp³-hybridized carbons (Fsp3) is 0.538. The Kier molecular flexibility index (Phi) is 10.1. The molecule has 6 heteroatoms. The quantitative estimate of drug-likeness (QED) is 0.329. The minimum Gasteiger partial charge on any atom is -0.508 e. The van der Waals surface area contributed by atoms with Crippen molar-refractivity contribution in [3.8, 4) is 11.5 Å². The number of aliphatic hydroxyl groups excluding tert-OH is 1. The number of rotatable bonds is 14. The van der Waals surface area contributed by atoms with Gasteiger partial charge in [0.15, 0.2) is 0 Å². The molecule has 0 spiro atoms. The van der Waals surface area contributed by atoms with E-state index in [4.69, 9.17) is 4.74 Å². The third kappa shape index (κ3) is 8.34. The number of phenols is 2. The number of hydrogen-bond donors (Lipinski definition) is 4. The molecule has 32 heavy (non-hydrogen) atoms. The summed E-state index contributed by atoms with van der Waals surface area (Å²) in [6, 6.07) is 13.1. The van der Waals surface area contributed by atoms with Gasteiger partial charge in [-0.25, -0.2) is 0 Å². The molecular formula is C26H38N2O4. The highest BCUT2D eigenvalue weighted by Gasteiger charge is 2.12. The van der Waals surface area contributed by atoms with E-state index in [1.165, 1.54) is 55.4 Å². The first-order valence-electron chi connectivity index (χ1n) is 11.9. The van der Waals surface area contributed by atoms with Crippen molar-refractivity contribution >= 4 is 5.69 Å². The summed E-state index contributed by atoms with van der Waals surface area (Å²) in [5.41, 5.74) is 3.19. The average molecular weight is 443 g/mol. The zero-order chi connectivity index (χ0) is 22.6. The monoisotopic (exact) mass is 442 g/mol. The average Bonchev–Trinajstić information content (AvgIpc) is 3.32. The Morgan fingerprint density at radius 2 is 1.56 bits per heavy atom. The second-order valence-corrected chi connectivity index (χ2v) is 8.64. The fourth-order valence-corrected chi connectivity index (χ4v) is 4.12. The predicted molar refractivity (Wildman–Crippen MR) is 128 cm³/mol. The normalized spacial score (nSPS) is 14.7. The number of benzene rings is 2. The summed E-state index contributed by atoms with van der Waals surface area (Å²) in [5.74, 6) is -0.0895. The molecule has 2 aromatic carbocycles. The van der Waals surface area contributed by atoms with E-state index in [1.54, 1.807) is 0 Å². The SMILES string of the molecule is Oc1cc(O)cc(C(O)CNCCCCCCOCCc2ccc(N3CCCC3)cc2)c1. The maximum atomic E-state index is 10.1. The number of nitrogens with one attached hydrogen (secondary N) is 1. The molecule has 1 heterocycles. The molecule has 2 aromatic rings. The number of unbranched alkanes of at least 4 members (excludes halogenated alkanes) is 3. The van der Waals surface area contributed by atoms with Crippen LogP contribution in [0.2, 0.25) is 0 Å². The Hall–Kier alpha value is -2.28. The minimum atomic E-state index is -0.752. The van der Waals surface area contributed by atoms with Crippen molar-refractivity contribution in [3.05, 3.63) is 53.6 Å². The van der Waals surface area contributed by atoms with Gasteiger partial charge in [0.1, 0.15) is 11.5 Å². The van der Waals surface area contributed by atoms with Gasteiger partial charge in [0.05, 0.1) is 12.7 Å². The summed E-state index contributed by atoms with van der Waals surface area (Å²) in [6.45, 7) is 5.17. The maximum Gasteiger partial charge on any atom is 0.119 e. The van der Waals surface area contributed by atoms with Gasteiger partial charge in [0, 0.05) is 38.0 Å². The van der Waals surface area contributed by atoms with Crippen molar-refractivity contribution in [3.63, 3.8) is 0 Å². The smallest absolute Gasteiger partial charge is 0.119 e. The van der Waals surface area contributed by atoms with Crippen molar-refractivity contribution in [2.24, 2.45) is 0 Å². The van der Waals surface area contributed by atoms with Gasteiger partial charge >= 0.3 is 0 Å². The fourth-order valence-electron chi connectivity index (χ4n) is 4.12. The summed E-state index contributed by atoms with van der Waals surface area (Å²) in [7, 11) is 0. The molecule has 0 saturated carbocycles. The van der Waals surface area contributed by atoms with E-state index in [0.29, 0.717) is 12.1 Å². The highest BCUT2D eigenvalue weighted by atomic mass is 16.5. The third-order valence-corrected chi connectivity index (χ3v) is 5.98. The van der Waals surface area contributed by atoms with E-state index in [0.717, 1.165) is 51.9 Å². The lowest BCUT2D eigenvalue weighted by Crippen LogP contribution is -2.22. The lowest BCUT2D eigenvalue weighted by molar-refractivity contribution is 0.133. The highest BCUT2D eigenvalue weighted by Crippen LogP contribution is 2.24. The lowest BCUT2D eigenvalue weighted by Gasteiger charge is -2.17. The van der Waals surface area contributed by atoms with E-state index in [2.05, 4.69) is 34.5 Å². The topological polar surface area (TPSA) is 85.2 Å². The maximum absolute atomic E-state index is 10.1. The molecule has 4 N–H and O–H groups in total. The Morgan fingerprint density at radius 3 is 2.28 bits per heavy atom. The molecule has 0 amide bonds. The van der Waals surface area contributed by atoms with Gasteiger partial charge in [-0.1, -0.05) is 25.0 Å². The first kappa shape index (κ1) is 24.4. The van der Waals surface area contributed by atoms with Crippen molar-refractivity contribution in [2.45, 2.75) is 51.0 Å². The standard InChI is InChI=1S/C26H38N2O4/c29-24-17-22(18-25(30)19-24)26(31)20-27-12-3-1-2-6-15-32-16-11-21-7-9-23(10-8-21)28-13-4-5-14-28/h7-10,17-19,26-27,29-31H,1-6,11-16,20H2. The number of ether oxygens (including phenoxy) is 1. The molecule has 0 bridgehead atoms. The molecule has 1 unspecified atom stereocenters. The summed E-state index contributed by atoms with van der Waals surface area (Å²) >= 11 is 0. The van der Waals surface area contributed by atoms with Crippen LogP contribution in [-0.2, 0) is 11.2 Å². The van der Waals surface area contributed by atoms with Gasteiger partial charge in [-0.3, -0.25) is 0 Å². The summed E-state index contributed by atoms with van der Waals surface area (Å²) in [4.78, 5) is 2.46. The van der Waals surface area contributed by atoms with Gasteiger partial charge in [-0.2, -0.15) is 0 Å². The molecule has 0 aliphatic carbocycles. The molecule has 1 atom stereocenters. The van der Waals surface area contributed by atoms with Crippen LogP contribution in [0.3, 0.4) is 0 Å². The summed E-state index contributed by atoms with van der Waals surface area (Å²) in [5, 5.41) is 32.3. The van der Waals surface area contributed by atoms with Crippen molar-refractivity contribution in [2.75, 3.05) is 44.3 Å². The second-order valence-electron chi connectivity index (χ2n) is 8.64. The van der Waals surface area contributed by atoms with Crippen LogP contribution in [0.15, 0.2) is 42.5 Å². The Balaban J connectivity index is 1.15. The molecule has 3 rings (SSSR count). The van der Waals surface area contributed by atoms with E-state index >= 15 is 0 Å². The van der Waals surface area contributed by atoms with Crippen LogP contribution in [-0.4, -0.2) is 54.7 Å². The molecule has 0 aromatic heterocycles. The Morgan fingerprint density at radius 1 is 0.875 bits per heavy atom. The van der Waals surface area contributed by atoms with E-state index in [9.17, 15) is 15.3 Å². The molecule has 1 saturated heterocycles. The van der Waals surface area contributed by atoms with Gasteiger partial charge < -0.3 is 30.3 Å². The first-order valence-corrected chi connectivity index (χ1v) is 11.9. The van der Waals surface area contributed by atoms with Crippen LogP contribution in [0.4, 0.5) is 5.69 Å². The highest BCUT2D eigenvalue weighted by molar-refractivity contribution is 5.48. The molecule has 0 radical (unpaired) electrons. The minimum absolute atomic E-state index is 0.0447. The molecule has 1 aliphatic heterocycles. The van der Waals surface area contributed by atoms with Crippen LogP contribution in [0.1, 0.15) is 55.8 Å². The lowest BCUT2D eigenvalue weighted by atomic mass is 10.1. The molecule has 1 aliphatic rings. The number of hydrogen-bond acceptors (Lipinski definition) is 6. The zero-order valence-corrected chi connectivity index (χ0v) is 19.0. The Bertz CT molecular complexity index is 771.